The molecule has 1 atom stereocenters. The molecule has 0 aliphatic rings. The average Bonchev–Trinajstić information content (AvgIpc) is 2.39. The normalized spacial score (nSPS) is 13.4. The Morgan fingerprint density at radius 1 is 1.73 bits per heavy atom. The Hall–Kier alpha value is -0.320. The van der Waals surface area contributed by atoms with Gasteiger partial charge in [-0.15, -0.1) is 0 Å². The van der Waals surface area contributed by atoms with Crippen LogP contribution in [0.2, 0.25) is 0 Å². The summed E-state index contributed by atoms with van der Waals surface area (Å²) in [7, 11) is 1.61. The van der Waals surface area contributed by atoms with E-state index in [2.05, 4.69) is 15.9 Å². The Bertz CT molecular complexity index is 220. The van der Waals surface area contributed by atoms with Crippen molar-refractivity contribution in [3.63, 3.8) is 0 Å². The first-order valence-electron chi connectivity index (χ1n) is 3.26. The van der Waals surface area contributed by atoms with Crippen molar-refractivity contribution in [1.82, 2.24) is 0 Å². The molecule has 0 amide bonds. The second-order valence-corrected chi connectivity index (χ2v) is 2.88. The van der Waals surface area contributed by atoms with Crippen LogP contribution in [0.25, 0.3) is 0 Å². The van der Waals surface area contributed by atoms with Gasteiger partial charge >= 0.3 is 0 Å². The van der Waals surface area contributed by atoms with Gasteiger partial charge in [0.25, 0.3) is 0 Å². The van der Waals surface area contributed by atoms with Gasteiger partial charge in [-0.2, -0.15) is 0 Å². The Labute approximate surface area is 73.6 Å². The minimum Gasteiger partial charge on any atom is -0.452 e. The highest BCUT2D eigenvalue weighted by atomic mass is 79.9. The molecular weight excluding hydrogens is 210 g/mol. The molecule has 1 heterocycles. The van der Waals surface area contributed by atoms with Gasteiger partial charge in [0, 0.05) is 13.7 Å². The Kier molecular flexibility index (Phi) is 3.11. The van der Waals surface area contributed by atoms with Crippen LogP contribution in [0.5, 0.6) is 0 Å². The summed E-state index contributed by atoms with van der Waals surface area (Å²) in [4.78, 5) is 0. The first-order chi connectivity index (χ1) is 5.27. The lowest BCUT2D eigenvalue weighted by Gasteiger charge is -2.08. The van der Waals surface area contributed by atoms with Gasteiger partial charge < -0.3 is 14.9 Å². The van der Waals surface area contributed by atoms with Crippen LogP contribution in [0.3, 0.4) is 0 Å². The smallest absolute Gasteiger partial charge is 0.169 e. The average molecular weight is 220 g/mol. The first-order valence-corrected chi connectivity index (χ1v) is 4.05. The maximum absolute atomic E-state index is 5.42. The topological polar surface area (TPSA) is 48.4 Å². The van der Waals surface area contributed by atoms with E-state index in [1.807, 2.05) is 12.1 Å². The summed E-state index contributed by atoms with van der Waals surface area (Å²) in [6.45, 7) is 0.427. The van der Waals surface area contributed by atoms with Gasteiger partial charge in [0.15, 0.2) is 4.67 Å². The van der Waals surface area contributed by atoms with Crippen molar-refractivity contribution < 1.29 is 9.15 Å². The standard InChI is InChI=1S/C7H10BrNO2/c1-10-6(4-9)5-2-3-7(8)11-5/h2-3,6H,4,9H2,1H3. The summed E-state index contributed by atoms with van der Waals surface area (Å²) in [5.74, 6) is 0.752. The lowest BCUT2D eigenvalue weighted by atomic mass is 10.3. The van der Waals surface area contributed by atoms with Crippen molar-refractivity contribution in [1.29, 1.82) is 0 Å². The van der Waals surface area contributed by atoms with E-state index in [-0.39, 0.29) is 6.10 Å². The third-order valence-electron chi connectivity index (χ3n) is 1.41. The summed E-state index contributed by atoms with van der Waals surface area (Å²) in [5.41, 5.74) is 5.42. The summed E-state index contributed by atoms with van der Waals surface area (Å²) in [5, 5.41) is 0. The molecule has 1 rings (SSSR count). The van der Waals surface area contributed by atoms with Gasteiger partial charge in [-0.25, -0.2) is 0 Å². The number of nitrogens with two attached hydrogens (primary N) is 1. The molecule has 0 aliphatic carbocycles. The van der Waals surface area contributed by atoms with Gasteiger partial charge in [-0.1, -0.05) is 0 Å². The number of halogens is 1. The quantitative estimate of drug-likeness (QED) is 0.842. The Morgan fingerprint density at radius 2 is 2.45 bits per heavy atom. The zero-order chi connectivity index (χ0) is 8.27. The second-order valence-electron chi connectivity index (χ2n) is 2.10. The van der Waals surface area contributed by atoms with Crippen LogP contribution < -0.4 is 5.73 Å². The Balaban J connectivity index is 2.73. The van der Waals surface area contributed by atoms with Crippen molar-refractivity contribution >= 4 is 15.9 Å². The van der Waals surface area contributed by atoms with Crippen molar-refractivity contribution in [2.24, 2.45) is 5.73 Å². The maximum Gasteiger partial charge on any atom is 0.169 e. The van der Waals surface area contributed by atoms with Crippen LogP contribution in [0.15, 0.2) is 21.2 Å². The van der Waals surface area contributed by atoms with E-state index < -0.39 is 0 Å². The monoisotopic (exact) mass is 219 g/mol. The maximum atomic E-state index is 5.42. The van der Waals surface area contributed by atoms with Crippen LogP contribution in [0.1, 0.15) is 11.9 Å². The van der Waals surface area contributed by atoms with Gasteiger partial charge in [0.1, 0.15) is 11.9 Å². The number of furan rings is 1. The molecule has 1 unspecified atom stereocenters. The zero-order valence-electron chi connectivity index (χ0n) is 6.21. The summed E-state index contributed by atoms with van der Waals surface area (Å²) >= 11 is 3.20. The molecule has 0 saturated heterocycles. The number of rotatable bonds is 3. The molecule has 11 heavy (non-hydrogen) atoms. The zero-order valence-corrected chi connectivity index (χ0v) is 7.80. The molecule has 62 valence electrons. The predicted octanol–water partition coefficient (Wildman–Crippen LogP) is 1.69. The molecule has 1 aromatic rings. The number of hydrogen-bond acceptors (Lipinski definition) is 3. The van der Waals surface area contributed by atoms with E-state index in [1.165, 1.54) is 0 Å². The number of ether oxygens (including phenoxy) is 1. The third kappa shape index (κ3) is 2.05. The van der Waals surface area contributed by atoms with E-state index in [9.17, 15) is 0 Å². The van der Waals surface area contributed by atoms with Crippen LogP contribution in [0.4, 0.5) is 0 Å². The molecule has 1 aromatic heterocycles. The minimum atomic E-state index is -0.138. The van der Waals surface area contributed by atoms with E-state index in [4.69, 9.17) is 14.9 Å². The SMILES string of the molecule is COC(CN)c1ccc(Br)o1. The largest absolute Gasteiger partial charge is 0.452 e. The molecule has 0 fully saturated rings. The molecule has 0 bridgehead atoms. The Morgan fingerprint density at radius 3 is 2.82 bits per heavy atom. The molecule has 4 heteroatoms. The molecule has 0 radical (unpaired) electrons. The lowest BCUT2D eigenvalue weighted by molar-refractivity contribution is 0.0900. The van der Waals surface area contributed by atoms with E-state index in [1.54, 1.807) is 7.11 Å². The minimum absolute atomic E-state index is 0.138. The number of hydrogen-bond donors (Lipinski definition) is 1. The fourth-order valence-corrected chi connectivity index (χ4v) is 1.15. The fourth-order valence-electron chi connectivity index (χ4n) is 0.830. The summed E-state index contributed by atoms with van der Waals surface area (Å²) < 4.78 is 11.0. The third-order valence-corrected chi connectivity index (χ3v) is 1.84. The van der Waals surface area contributed by atoms with Crippen LogP contribution in [-0.2, 0) is 4.74 Å². The second kappa shape index (κ2) is 3.90. The van der Waals surface area contributed by atoms with E-state index in [0.29, 0.717) is 11.2 Å². The van der Waals surface area contributed by atoms with E-state index in [0.717, 1.165) is 5.76 Å². The van der Waals surface area contributed by atoms with Gasteiger partial charge in [-0.3, -0.25) is 0 Å². The van der Waals surface area contributed by atoms with Crippen molar-refractivity contribution in [2.45, 2.75) is 6.10 Å². The molecule has 0 saturated carbocycles. The van der Waals surface area contributed by atoms with Crippen molar-refractivity contribution in [3.05, 3.63) is 22.6 Å². The van der Waals surface area contributed by atoms with Crippen molar-refractivity contribution in [3.8, 4) is 0 Å². The highest BCUT2D eigenvalue weighted by molar-refractivity contribution is 9.10. The highest BCUT2D eigenvalue weighted by Crippen LogP contribution is 2.21. The number of methoxy groups -OCH3 is 1. The predicted molar refractivity (Wildman–Crippen MR) is 45.2 cm³/mol. The van der Waals surface area contributed by atoms with Gasteiger partial charge in [-0.05, 0) is 28.1 Å². The molecule has 0 aliphatic heterocycles. The van der Waals surface area contributed by atoms with Crippen LogP contribution in [-0.4, -0.2) is 13.7 Å². The van der Waals surface area contributed by atoms with E-state index >= 15 is 0 Å². The van der Waals surface area contributed by atoms with Crippen LogP contribution in [0, 0.1) is 0 Å². The lowest BCUT2D eigenvalue weighted by Crippen LogP contribution is -2.13. The van der Waals surface area contributed by atoms with Gasteiger partial charge in [0.2, 0.25) is 0 Å². The molecular formula is C7H10BrNO2. The first kappa shape index (κ1) is 8.77. The summed E-state index contributed by atoms with van der Waals surface area (Å²) in [6, 6.07) is 3.65. The van der Waals surface area contributed by atoms with Crippen molar-refractivity contribution in [2.75, 3.05) is 13.7 Å². The van der Waals surface area contributed by atoms with Gasteiger partial charge in [0.05, 0.1) is 0 Å². The molecule has 3 nitrogen and oxygen atoms in total. The van der Waals surface area contributed by atoms with Crippen LogP contribution >= 0.6 is 15.9 Å². The summed E-state index contributed by atoms with van der Waals surface area (Å²) in [6.07, 6.45) is -0.138. The molecule has 2 N–H and O–H groups in total. The molecule has 0 spiro atoms. The fraction of sp³-hybridized carbons (Fsp3) is 0.429. The molecule has 0 aromatic carbocycles. The highest BCUT2D eigenvalue weighted by Gasteiger charge is 2.11.